The Hall–Kier alpha value is -1.26. The summed E-state index contributed by atoms with van der Waals surface area (Å²) in [6.07, 6.45) is 0. The van der Waals surface area contributed by atoms with Gasteiger partial charge in [0.1, 0.15) is 0 Å². The molecule has 0 heterocycles. The van der Waals surface area contributed by atoms with Crippen molar-refractivity contribution in [2.45, 2.75) is 0 Å². The Labute approximate surface area is 134 Å². The fraction of sp³-hybridized carbons (Fsp3) is 0.250. The van der Waals surface area contributed by atoms with Crippen LogP contribution in [0.1, 0.15) is 0 Å². The largest absolute Gasteiger partial charge is 0.308 e. The molecule has 0 spiro atoms. The minimum absolute atomic E-state index is 0.0957. The van der Waals surface area contributed by atoms with Crippen molar-refractivity contribution in [3.63, 3.8) is 0 Å². The number of rotatable bonds is 7. The number of nitrogens with one attached hydrogen (secondary N) is 1. The highest BCUT2D eigenvalue weighted by molar-refractivity contribution is 7.97. The summed E-state index contributed by atoms with van der Waals surface area (Å²) in [5, 5.41) is 1.99. The predicted octanol–water partition coefficient (Wildman–Crippen LogP) is 1.52. The number of sulfonamides is 1. The first-order valence-corrected chi connectivity index (χ1v) is 10.0. The molecule has 0 radical (unpaired) electrons. The van der Waals surface area contributed by atoms with Crippen molar-refractivity contribution in [1.82, 2.24) is 9.39 Å². The molecule has 0 aromatic heterocycles. The molecule has 2 aromatic carbocycles. The lowest BCUT2D eigenvalue weighted by Crippen LogP contribution is -2.33. The Bertz CT molecular complexity index is 636. The van der Waals surface area contributed by atoms with E-state index in [0.717, 1.165) is 10.6 Å². The second kappa shape index (κ2) is 7.84. The molecule has 0 bridgehead atoms. The van der Waals surface area contributed by atoms with Gasteiger partial charge in [-0.15, -0.1) is 0 Å². The van der Waals surface area contributed by atoms with Crippen LogP contribution < -0.4 is 15.1 Å². The Kier molecular flexibility index (Phi) is 6.09. The molecular formula is C16H21N2O2PS. The minimum atomic E-state index is -3.34. The molecule has 0 saturated heterocycles. The highest BCUT2D eigenvalue weighted by atomic mass is 32.2. The Morgan fingerprint density at radius 3 is 1.77 bits per heavy atom. The third-order valence-corrected chi connectivity index (χ3v) is 7.26. The zero-order valence-electron chi connectivity index (χ0n) is 12.8. The minimum Gasteiger partial charge on any atom is -0.308 e. The zero-order chi connectivity index (χ0) is 16.0. The van der Waals surface area contributed by atoms with Crippen LogP contribution in [0.25, 0.3) is 0 Å². The average Bonchev–Trinajstić information content (AvgIpc) is 2.53. The summed E-state index contributed by atoms with van der Waals surface area (Å²) < 4.78 is 27.6. The number of benzene rings is 2. The molecular weight excluding hydrogens is 315 g/mol. The third-order valence-electron chi connectivity index (χ3n) is 3.07. The normalized spacial score (nSPS) is 12.0. The Morgan fingerprint density at radius 1 is 0.909 bits per heavy atom. The van der Waals surface area contributed by atoms with E-state index >= 15 is 0 Å². The van der Waals surface area contributed by atoms with Crippen LogP contribution in [0.3, 0.4) is 0 Å². The van der Waals surface area contributed by atoms with Gasteiger partial charge in [-0.1, -0.05) is 60.7 Å². The molecule has 2 rings (SSSR count). The first-order chi connectivity index (χ1) is 10.5. The van der Waals surface area contributed by atoms with Gasteiger partial charge in [0.15, 0.2) is 0 Å². The molecule has 4 nitrogen and oxygen atoms in total. The molecule has 0 aliphatic heterocycles. The van der Waals surface area contributed by atoms with Crippen molar-refractivity contribution in [3.8, 4) is 0 Å². The van der Waals surface area contributed by atoms with Crippen LogP contribution in [-0.2, 0) is 10.0 Å². The van der Waals surface area contributed by atoms with E-state index in [0.29, 0.717) is 6.54 Å². The molecule has 0 saturated carbocycles. The van der Waals surface area contributed by atoms with Crippen molar-refractivity contribution in [2.75, 3.05) is 26.4 Å². The molecule has 0 aliphatic rings. The fourth-order valence-electron chi connectivity index (χ4n) is 1.90. The lowest BCUT2D eigenvalue weighted by Gasteiger charge is -2.20. The molecule has 2 aromatic rings. The van der Waals surface area contributed by atoms with E-state index in [1.54, 1.807) is 0 Å². The third kappa shape index (κ3) is 5.18. The molecule has 0 unspecified atom stereocenters. The molecule has 0 amide bonds. The summed E-state index contributed by atoms with van der Waals surface area (Å²) in [4.78, 5) is 1.87. The maximum atomic E-state index is 12.4. The summed E-state index contributed by atoms with van der Waals surface area (Å²) in [5.41, 5.74) is 0. The van der Waals surface area contributed by atoms with E-state index in [-0.39, 0.29) is 5.75 Å². The van der Waals surface area contributed by atoms with Gasteiger partial charge in [0.25, 0.3) is 0 Å². The van der Waals surface area contributed by atoms with Crippen molar-refractivity contribution in [2.24, 2.45) is 0 Å². The maximum Gasteiger partial charge on any atom is 0.216 e. The van der Waals surface area contributed by atoms with E-state index in [9.17, 15) is 8.42 Å². The summed E-state index contributed by atoms with van der Waals surface area (Å²) in [6, 6.07) is 19.5. The lowest BCUT2D eigenvalue weighted by molar-refractivity contribution is 0.432. The van der Waals surface area contributed by atoms with Gasteiger partial charge in [-0.05, 0) is 24.7 Å². The second-order valence-electron chi connectivity index (χ2n) is 5.22. The molecule has 22 heavy (non-hydrogen) atoms. The molecule has 118 valence electrons. The standard InChI is InChI=1S/C16H21N2O2PS/c1-18(2)13-14-22(19,20)17-21(15-9-5-3-6-10-15)16-11-7-4-8-12-16/h3-12,17H,13-14H2,1-2H3. The predicted molar refractivity (Wildman–Crippen MR) is 94.5 cm³/mol. The monoisotopic (exact) mass is 336 g/mol. The summed E-state index contributed by atoms with van der Waals surface area (Å²) >= 11 is 0. The van der Waals surface area contributed by atoms with Gasteiger partial charge in [-0.25, -0.2) is 8.42 Å². The fourth-order valence-corrected chi connectivity index (χ4v) is 6.06. The highest BCUT2D eigenvalue weighted by Crippen LogP contribution is 2.29. The van der Waals surface area contributed by atoms with Gasteiger partial charge in [0.2, 0.25) is 10.0 Å². The first kappa shape index (κ1) is 17.1. The van der Waals surface area contributed by atoms with Gasteiger partial charge in [0.05, 0.1) is 5.75 Å². The van der Waals surface area contributed by atoms with Crippen molar-refractivity contribution in [3.05, 3.63) is 60.7 Å². The van der Waals surface area contributed by atoms with Gasteiger partial charge < -0.3 is 4.90 Å². The van der Waals surface area contributed by atoms with Crippen molar-refractivity contribution < 1.29 is 8.42 Å². The van der Waals surface area contributed by atoms with Crippen LogP contribution in [0.4, 0.5) is 0 Å². The summed E-state index contributed by atoms with van der Waals surface area (Å²) in [5.74, 6) is 0.0957. The first-order valence-electron chi connectivity index (χ1n) is 7.03. The summed E-state index contributed by atoms with van der Waals surface area (Å²) in [6.45, 7) is 0.502. The van der Waals surface area contributed by atoms with Crippen LogP contribution in [0.2, 0.25) is 0 Å². The topological polar surface area (TPSA) is 49.4 Å². The smallest absolute Gasteiger partial charge is 0.216 e. The van der Waals surface area contributed by atoms with Crippen molar-refractivity contribution >= 4 is 28.7 Å². The molecule has 0 atom stereocenters. The van der Waals surface area contributed by atoms with E-state index in [2.05, 4.69) is 4.49 Å². The van der Waals surface area contributed by atoms with E-state index in [1.165, 1.54) is 0 Å². The second-order valence-corrected chi connectivity index (χ2v) is 9.29. The number of hydrogen-bond donors (Lipinski definition) is 1. The highest BCUT2D eigenvalue weighted by Gasteiger charge is 2.21. The quantitative estimate of drug-likeness (QED) is 0.780. The number of hydrogen-bond acceptors (Lipinski definition) is 3. The Morgan fingerprint density at radius 2 is 1.36 bits per heavy atom. The average molecular weight is 336 g/mol. The molecule has 0 fully saturated rings. The van der Waals surface area contributed by atoms with Gasteiger partial charge in [0, 0.05) is 14.6 Å². The van der Waals surface area contributed by atoms with Crippen LogP contribution in [0.15, 0.2) is 60.7 Å². The van der Waals surface area contributed by atoms with Crippen LogP contribution >= 0.6 is 8.07 Å². The Balaban J connectivity index is 2.26. The van der Waals surface area contributed by atoms with Crippen LogP contribution in [-0.4, -0.2) is 39.7 Å². The van der Waals surface area contributed by atoms with E-state index in [1.807, 2.05) is 79.7 Å². The number of nitrogens with zero attached hydrogens (tertiary/aromatic N) is 1. The van der Waals surface area contributed by atoms with E-state index in [4.69, 9.17) is 0 Å². The van der Waals surface area contributed by atoms with Crippen LogP contribution in [0, 0.1) is 0 Å². The molecule has 6 heteroatoms. The molecule has 0 aliphatic carbocycles. The van der Waals surface area contributed by atoms with Crippen LogP contribution in [0.5, 0.6) is 0 Å². The zero-order valence-corrected chi connectivity index (χ0v) is 14.5. The maximum absolute atomic E-state index is 12.4. The van der Waals surface area contributed by atoms with Gasteiger partial charge >= 0.3 is 0 Å². The van der Waals surface area contributed by atoms with E-state index < -0.39 is 18.1 Å². The van der Waals surface area contributed by atoms with Crippen molar-refractivity contribution in [1.29, 1.82) is 0 Å². The molecule has 1 N–H and O–H groups in total. The lowest BCUT2D eigenvalue weighted by atomic mass is 10.4. The van der Waals surface area contributed by atoms with Gasteiger partial charge in [-0.2, -0.15) is 4.49 Å². The SMILES string of the molecule is CN(C)CCS(=O)(=O)NP(c1ccccc1)c1ccccc1. The summed E-state index contributed by atoms with van der Waals surface area (Å²) in [7, 11) is -0.726. The van der Waals surface area contributed by atoms with Gasteiger partial charge in [-0.3, -0.25) is 0 Å².